The van der Waals surface area contributed by atoms with Crippen LogP contribution in [0, 0.1) is 6.92 Å². The first kappa shape index (κ1) is 23.3. The number of imidazole rings is 1. The third-order valence-electron chi connectivity index (χ3n) is 5.23. The molecule has 0 aliphatic heterocycles. The number of thiazole rings is 1. The molecule has 2 aromatic carbocycles. The summed E-state index contributed by atoms with van der Waals surface area (Å²) in [6.45, 7) is 2.34. The Morgan fingerprint density at radius 2 is 2.00 bits per heavy atom. The van der Waals surface area contributed by atoms with Crippen LogP contribution in [0.25, 0.3) is 6.08 Å². The van der Waals surface area contributed by atoms with Crippen molar-refractivity contribution in [3.8, 4) is 11.5 Å². The summed E-state index contributed by atoms with van der Waals surface area (Å²) in [5, 5.41) is 6.05. The van der Waals surface area contributed by atoms with Crippen molar-refractivity contribution in [2.45, 2.75) is 19.6 Å². The van der Waals surface area contributed by atoms with Crippen LogP contribution in [0.4, 0.5) is 0 Å². The van der Waals surface area contributed by atoms with Crippen LogP contribution >= 0.6 is 11.3 Å². The van der Waals surface area contributed by atoms with E-state index < -0.39 is 6.04 Å². The highest BCUT2D eigenvalue weighted by atomic mass is 32.1. The van der Waals surface area contributed by atoms with Gasteiger partial charge in [-0.1, -0.05) is 30.3 Å². The largest absolute Gasteiger partial charge is 0.497 e. The van der Waals surface area contributed by atoms with E-state index in [0.717, 1.165) is 33.4 Å². The molecule has 7 nitrogen and oxygen atoms in total. The maximum atomic E-state index is 12.9. The molecular weight excluding hydrogens is 448 g/mol. The summed E-state index contributed by atoms with van der Waals surface area (Å²) in [4.78, 5) is 21.8. The maximum Gasteiger partial charge on any atom is 0.244 e. The van der Waals surface area contributed by atoms with Crippen LogP contribution in [-0.4, -0.2) is 27.6 Å². The van der Waals surface area contributed by atoms with Gasteiger partial charge in [0.2, 0.25) is 5.91 Å². The normalized spacial score (nSPS) is 12.0. The minimum absolute atomic E-state index is 0.242. The fourth-order valence-electron chi connectivity index (χ4n) is 3.48. The van der Waals surface area contributed by atoms with Gasteiger partial charge in [-0.3, -0.25) is 4.79 Å². The molecule has 0 fully saturated rings. The number of ether oxygens (including phenoxy) is 2. The number of aryl methyl sites for hydroxylation is 2. The summed E-state index contributed by atoms with van der Waals surface area (Å²) >= 11 is 1.59. The fourth-order valence-corrected chi connectivity index (χ4v) is 4.08. The van der Waals surface area contributed by atoms with Gasteiger partial charge < -0.3 is 19.4 Å². The zero-order chi connectivity index (χ0) is 23.9. The van der Waals surface area contributed by atoms with Crippen LogP contribution in [0.2, 0.25) is 0 Å². The number of amides is 1. The Morgan fingerprint density at radius 1 is 1.21 bits per heavy atom. The summed E-state index contributed by atoms with van der Waals surface area (Å²) < 4.78 is 13.1. The second-order valence-electron chi connectivity index (χ2n) is 7.63. The Kier molecular flexibility index (Phi) is 7.39. The highest BCUT2D eigenvalue weighted by Crippen LogP contribution is 2.24. The number of hydrogen-bond acceptors (Lipinski definition) is 6. The number of rotatable bonds is 9. The molecule has 0 bridgehead atoms. The minimum atomic E-state index is -0.414. The molecule has 2 heterocycles. The number of nitrogens with zero attached hydrogens (tertiary/aromatic N) is 3. The van der Waals surface area contributed by atoms with E-state index in [2.05, 4.69) is 15.3 Å². The average molecular weight is 475 g/mol. The van der Waals surface area contributed by atoms with E-state index >= 15 is 0 Å². The Balaban J connectivity index is 1.49. The quantitative estimate of drug-likeness (QED) is 0.356. The summed E-state index contributed by atoms with van der Waals surface area (Å²) in [7, 11) is 3.52. The van der Waals surface area contributed by atoms with Crippen LogP contribution < -0.4 is 14.8 Å². The first-order chi connectivity index (χ1) is 16.5. The Bertz CT molecular complexity index is 1280. The van der Waals surface area contributed by atoms with Crippen LogP contribution in [0.3, 0.4) is 0 Å². The van der Waals surface area contributed by atoms with Crippen molar-refractivity contribution in [1.29, 1.82) is 0 Å². The lowest BCUT2D eigenvalue weighted by Gasteiger charge is -2.18. The number of methoxy groups -OCH3 is 1. The van der Waals surface area contributed by atoms with Crippen molar-refractivity contribution in [3.05, 3.63) is 100 Å². The third-order valence-corrected chi connectivity index (χ3v) is 6.05. The smallest absolute Gasteiger partial charge is 0.244 e. The van der Waals surface area contributed by atoms with E-state index in [1.807, 2.05) is 78.6 Å². The van der Waals surface area contributed by atoms with Crippen molar-refractivity contribution in [3.63, 3.8) is 0 Å². The van der Waals surface area contributed by atoms with Gasteiger partial charge in [0.25, 0.3) is 0 Å². The van der Waals surface area contributed by atoms with Crippen LogP contribution in [0.1, 0.15) is 33.7 Å². The second kappa shape index (κ2) is 10.8. The molecular formula is C26H26N4O3S. The van der Waals surface area contributed by atoms with E-state index in [-0.39, 0.29) is 5.91 Å². The van der Waals surface area contributed by atoms with Gasteiger partial charge in [-0.25, -0.2) is 9.97 Å². The van der Waals surface area contributed by atoms with Crippen molar-refractivity contribution in [2.75, 3.05) is 7.11 Å². The highest BCUT2D eigenvalue weighted by Gasteiger charge is 2.20. The molecule has 4 rings (SSSR count). The van der Waals surface area contributed by atoms with Crippen molar-refractivity contribution < 1.29 is 14.3 Å². The number of aromatic nitrogens is 3. The van der Waals surface area contributed by atoms with Gasteiger partial charge >= 0.3 is 0 Å². The molecule has 0 saturated carbocycles. The molecule has 2 aromatic heterocycles. The second-order valence-corrected chi connectivity index (χ2v) is 8.69. The predicted molar refractivity (Wildman–Crippen MR) is 133 cm³/mol. The molecule has 0 spiro atoms. The van der Waals surface area contributed by atoms with Gasteiger partial charge in [-0.15, -0.1) is 11.3 Å². The van der Waals surface area contributed by atoms with Crippen LogP contribution in [-0.2, 0) is 18.4 Å². The summed E-state index contributed by atoms with van der Waals surface area (Å²) in [6.07, 6.45) is 6.83. The number of para-hydroxylation sites is 1. The predicted octanol–water partition coefficient (Wildman–Crippen LogP) is 4.69. The molecule has 8 heteroatoms. The molecule has 34 heavy (non-hydrogen) atoms. The number of hydrogen-bond donors (Lipinski definition) is 1. The van der Waals surface area contributed by atoms with Gasteiger partial charge in [-0.05, 0) is 36.8 Å². The van der Waals surface area contributed by atoms with Crippen LogP contribution in [0.5, 0.6) is 11.5 Å². The number of benzene rings is 2. The molecule has 0 aliphatic rings. The van der Waals surface area contributed by atoms with Crippen molar-refractivity contribution in [1.82, 2.24) is 19.9 Å². The molecule has 0 radical (unpaired) electrons. The zero-order valence-electron chi connectivity index (χ0n) is 19.3. The molecule has 1 atom stereocenters. The molecule has 174 valence electrons. The van der Waals surface area contributed by atoms with Gasteiger partial charge in [0, 0.05) is 36.5 Å². The van der Waals surface area contributed by atoms with E-state index in [4.69, 9.17) is 9.47 Å². The first-order valence-corrected chi connectivity index (χ1v) is 11.6. The number of nitrogens with one attached hydrogen (secondary N) is 1. The van der Waals surface area contributed by atoms with Gasteiger partial charge in [-0.2, -0.15) is 0 Å². The topological polar surface area (TPSA) is 78.3 Å². The van der Waals surface area contributed by atoms with E-state index in [1.54, 1.807) is 30.7 Å². The van der Waals surface area contributed by atoms with E-state index in [9.17, 15) is 4.79 Å². The lowest BCUT2D eigenvalue weighted by Crippen LogP contribution is -2.29. The summed E-state index contributed by atoms with van der Waals surface area (Å²) in [5.41, 5.74) is 2.60. The van der Waals surface area contributed by atoms with Crippen LogP contribution in [0.15, 0.2) is 72.4 Å². The summed E-state index contributed by atoms with van der Waals surface area (Å²) in [6, 6.07) is 14.8. The van der Waals surface area contributed by atoms with Gasteiger partial charge in [0.1, 0.15) is 30.0 Å². The van der Waals surface area contributed by atoms with Gasteiger partial charge in [0.05, 0.1) is 17.8 Å². The van der Waals surface area contributed by atoms with E-state index in [1.165, 1.54) is 6.08 Å². The number of carbonyl (C=O) groups excluding carboxylic acids is 1. The Hall–Kier alpha value is -3.91. The fraction of sp³-hybridized carbons (Fsp3) is 0.192. The standard InChI is InChI=1S/C26H26N4O3S/c1-18-28-21(17-34-18)16-33-23-7-5-4-6-19(23)10-13-24(31)29-25(26-27-14-15-30(26)2)20-8-11-22(32-3)12-9-20/h4-15,17,25H,16H2,1-3H3,(H,29,31)/b13-10+. The third kappa shape index (κ3) is 5.71. The molecule has 4 aromatic rings. The summed E-state index contributed by atoms with van der Waals surface area (Å²) in [5.74, 6) is 1.92. The van der Waals surface area contributed by atoms with E-state index in [0.29, 0.717) is 12.4 Å². The lowest BCUT2D eigenvalue weighted by molar-refractivity contribution is -0.117. The average Bonchev–Trinajstić information content (AvgIpc) is 3.48. The minimum Gasteiger partial charge on any atom is -0.497 e. The van der Waals surface area contributed by atoms with Crippen molar-refractivity contribution in [2.24, 2.45) is 7.05 Å². The Labute approximate surface area is 202 Å². The number of carbonyl (C=O) groups is 1. The maximum absolute atomic E-state index is 12.9. The van der Waals surface area contributed by atoms with Crippen molar-refractivity contribution >= 4 is 23.3 Å². The molecule has 1 N–H and O–H groups in total. The zero-order valence-corrected chi connectivity index (χ0v) is 20.1. The van der Waals surface area contributed by atoms with Gasteiger partial charge in [0.15, 0.2) is 0 Å². The molecule has 1 amide bonds. The lowest BCUT2D eigenvalue weighted by atomic mass is 10.1. The SMILES string of the molecule is COc1ccc(C(NC(=O)/C=C/c2ccccc2OCc2csc(C)n2)c2nccn2C)cc1. The monoisotopic (exact) mass is 474 g/mol. The molecule has 0 aliphatic carbocycles. The molecule has 0 saturated heterocycles. The first-order valence-electron chi connectivity index (χ1n) is 10.8. The molecule has 1 unspecified atom stereocenters. The highest BCUT2D eigenvalue weighted by molar-refractivity contribution is 7.09. The Morgan fingerprint density at radius 3 is 2.68 bits per heavy atom.